The highest BCUT2D eigenvalue weighted by molar-refractivity contribution is 6.06. The maximum absolute atomic E-state index is 13.2. The van der Waals surface area contributed by atoms with Gasteiger partial charge < -0.3 is 15.0 Å². The highest BCUT2D eigenvalue weighted by Crippen LogP contribution is 2.36. The van der Waals surface area contributed by atoms with Gasteiger partial charge in [0.2, 0.25) is 0 Å². The van der Waals surface area contributed by atoms with Gasteiger partial charge in [-0.05, 0) is 41.3 Å². The number of rotatable bonds is 3. The van der Waals surface area contributed by atoms with Crippen molar-refractivity contribution in [1.29, 1.82) is 0 Å². The van der Waals surface area contributed by atoms with E-state index in [-0.39, 0.29) is 11.1 Å². The van der Waals surface area contributed by atoms with Gasteiger partial charge in [-0.25, -0.2) is 0 Å². The maximum atomic E-state index is 13.2. The number of carbonyl (C=O) groups is 1. The molecule has 1 N–H and O–H groups in total. The Labute approximate surface area is 168 Å². The summed E-state index contributed by atoms with van der Waals surface area (Å²) in [4.78, 5) is 14.7. The molecule has 0 unspecified atom stereocenters. The molecule has 1 saturated heterocycles. The number of benzene rings is 2. The van der Waals surface area contributed by atoms with E-state index in [9.17, 15) is 18.0 Å². The standard InChI is InChI=1S/C22H25F3N2O2/c1-21(2,3)16-6-4-15(5-7-16)20(28)26-18-14-17(22(23,24)25)8-9-19(18)27-10-12-29-13-11-27/h4-9,14H,10-13H2,1-3H3,(H,26,28). The predicted octanol–water partition coefficient (Wildman–Crippen LogP) is 5.09. The smallest absolute Gasteiger partial charge is 0.378 e. The molecular weight excluding hydrogens is 381 g/mol. The van der Waals surface area contributed by atoms with Crippen LogP contribution < -0.4 is 10.2 Å². The third kappa shape index (κ3) is 5.09. The molecule has 156 valence electrons. The number of nitrogens with one attached hydrogen (secondary N) is 1. The van der Waals surface area contributed by atoms with Crippen LogP contribution in [0.25, 0.3) is 0 Å². The average Bonchev–Trinajstić information content (AvgIpc) is 2.67. The highest BCUT2D eigenvalue weighted by atomic mass is 19.4. The molecule has 0 bridgehead atoms. The van der Waals surface area contributed by atoms with Gasteiger partial charge in [0.05, 0.1) is 30.2 Å². The summed E-state index contributed by atoms with van der Waals surface area (Å²) in [6.45, 7) is 8.28. The molecule has 4 nitrogen and oxygen atoms in total. The van der Waals surface area contributed by atoms with Crippen LogP contribution >= 0.6 is 0 Å². The molecule has 2 aromatic rings. The minimum absolute atomic E-state index is 0.0560. The number of amides is 1. The lowest BCUT2D eigenvalue weighted by Gasteiger charge is -2.31. The molecule has 1 fully saturated rings. The molecule has 3 rings (SSSR count). The first kappa shape index (κ1) is 21.2. The van der Waals surface area contributed by atoms with Crippen molar-refractivity contribution < 1.29 is 22.7 Å². The first-order valence-corrected chi connectivity index (χ1v) is 9.51. The largest absolute Gasteiger partial charge is 0.416 e. The zero-order valence-corrected chi connectivity index (χ0v) is 16.8. The number of hydrogen-bond donors (Lipinski definition) is 1. The van der Waals surface area contributed by atoms with Crippen LogP contribution in [0.1, 0.15) is 42.3 Å². The number of alkyl halides is 3. The van der Waals surface area contributed by atoms with E-state index >= 15 is 0 Å². The van der Waals surface area contributed by atoms with Gasteiger partial charge in [-0.2, -0.15) is 13.2 Å². The van der Waals surface area contributed by atoms with Crippen LogP contribution in [0.2, 0.25) is 0 Å². The number of halogens is 3. The van der Waals surface area contributed by atoms with Crippen LogP contribution in [0.4, 0.5) is 24.5 Å². The lowest BCUT2D eigenvalue weighted by atomic mass is 9.87. The molecule has 0 aromatic heterocycles. The topological polar surface area (TPSA) is 41.6 Å². The molecule has 0 aliphatic carbocycles. The van der Waals surface area contributed by atoms with E-state index in [1.165, 1.54) is 6.07 Å². The summed E-state index contributed by atoms with van der Waals surface area (Å²) in [5.41, 5.74) is 1.31. The van der Waals surface area contributed by atoms with E-state index in [0.717, 1.165) is 17.7 Å². The first-order chi connectivity index (χ1) is 13.6. The van der Waals surface area contributed by atoms with Crippen LogP contribution in [0.3, 0.4) is 0 Å². The van der Waals surface area contributed by atoms with Crippen molar-refractivity contribution in [2.45, 2.75) is 32.4 Å². The second-order valence-corrected chi connectivity index (χ2v) is 8.11. The Morgan fingerprint density at radius 3 is 2.10 bits per heavy atom. The van der Waals surface area contributed by atoms with Crippen molar-refractivity contribution in [3.63, 3.8) is 0 Å². The molecular formula is C22H25F3N2O2. The zero-order valence-electron chi connectivity index (χ0n) is 16.8. The van der Waals surface area contributed by atoms with E-state index in [4.69, 9.17) is 4.74 Å². The van der Waals surface area contributed by atoms with Crippen molar-refractivity contribution >= 4 is 17.3 Å². The minimum atomic E-state index is -4.49. The highest BCUT2D eigenvalue weighted by Gasteiger charge is 2.32. The van der Waals surface area contributed by atoms with E-state index in [1.807, 2.05) is 17.0 Å². The van der Waals surface area contributed by atoms with E-state index in [0.29, 0.717) is 37.6 Å². The normalized spacial score (nSPS) is 15.3. The molecule has 0 saturated carbocycles. The molecule has 7 heteroatoms. The van der Waals surface area contributed by atoms with Crippen molar-refractivity contribution in [3.8, 4) is 0 Å². The summed E-state index contributed by atoms with van der Waals surface area (Å²) in [7, 11) is 0. The van der Waals surface area contributed by atoms with Crippen LogP contribution in [0, 0.1) is 0 Å². The van der Waals surface area contributed by atoms with Gasteiger partial charge in [-0.3, -0.25) is 4.79 Å². The summed E-state index contributed by atoms with van der Waals surface area (Å²) in [6.07, 6.45) is -4.49. The second kappa shape index (κ2) is 8.06. The van der Waals surface area contributed by atoms with Crippen LogP contribution in [-0.2, 0) is 16.3 Å². The van der Waals surface area contributed by atoms with Gasteiger partial charge in [-0.1, -0.05) is 32.9 Å². The molecule has 1 aliphatic rings. The van der Waals surface area contributed by atoms with Gasteiger partial charge in [0, 0.05) is 18.7 Å². The molecule has 0 atom stereocenters. The summed E-state index contributed by atoms with van der Waals surface area (Å²) in [5, 5.41) is 2.67. The Bertz CT molecular complexity index is 865. The number of carbonyl (C=O) groups excluding carboxylic acids is 1. The van der Waals surface area contributed by atoms with E-state index in [2.05, 4.69) is 26.1 Å². The van der Waals surface area contributed by atoms with Crippen molar-refractivity contribution in [3.05, 3.63) is 59.2 Å². The molecule has 0 radical (unpaired) electrons. The van der Waals surface area contributed by atoms with Crippen molar-refractivity contribution in [2.75, 3.05) is 36.5 Å². The SMILES string of the molecule is CC(C)(C)c1ccc(C(=O)Nc2cc(C(F)(F)F)ccc2N2CCOCC2)cc1. The van der Waals surface area contributed by atoms with Crippen molar-refractivity contribution in [1.82, 2.24) is 0 Å². The third-order valence-corrected chi connectivity index (χ3v) is 4.94. The van der Waals surface area contributed by atoms with Gasteiger partial charge >= 0.3 is 6.18 Å². The number of anilines is 2. The summed E-state index contributed by atoms with van der Waals surface area (Å²) < 4.78 is 45.0. The van der Waals surface area contributed by atoms with E-state index in [1.54, 1.807) is 12.1 Å². The zero-order chi connectivity index (χ0) is 21.2. The van der Waals surface area contributed by atoms with Crippen molar-refractivity contribution in [2.24, 2.45) is 0 Å². The fourth-order valence-corrected chi connectivity index (χ4v) is 3.21. The molecule has 29 heavy (non-hydrogen) atoms. The fourth-order valence-electron chi connectivity index (χ4n) is 3.21. The lowest BCUT2D eigenvalue weighted by Crippen LogP contribution is -2.36. The Balaban J connectivity index is 1.90. The molecule has 1 aliphatic heterocycles. The van der Waals surface area contributed by atoms with Gasteiger partial charge in [0.15, 0.2) is 0 Å². The number of hydrogen-bond acceptors (Lipinski definition) is 3. The lowest BCUT2D eigenvalue weighted by molar-refractivity contribution is -0.137. The number of ether oxygens (including phenoxy) is 1. The van der Waals surface area contributed by atoms with Crippen LogP contribution in [0.5, 0.6) is 0 Å². The first-order valence-electron chi connectivity index (χ1n) is 9.51. The molecule has 1 amide bonds. The Morgan fingerprint density at radius 1 is 0.966 bits per heavy atom. The average molecular weight is 406 g/mol. The molecule has 0 spiro atoms. The molecule has 1 heterocycles. The Kier molecular flexibility index (Phi) is 5.89. The second-order valence-electron chi connectivity index (χ2n) is 8.11. The van der Waals surface area contributed by atoms with Crippen LogP contribution in [-0.4, -0.2) is 32.2 Å². The third-order valence-electron chi connectivity index (χ3n) is 4.94. The Hall–Kier alpha value is -2.54. The quantitative estimate of drug-likeness (QED) is 0.772. The van der Waals surface area contributed by atoms with E-state index < -0.39 is 17.6 Å². The number of morpholine rings is 1. The summed E-state index contributed by atoms with van der Waals surface area (Å²) in [6, 6.07) is 10.6. The minimum Gasteiger partial charge on any atom is -0.378 e. The van der Waals surface area contributed by atoms with Gasteiger partial charge in [-0.15, -0.1) is 0 Å². The predicted molar refractivity (Wildman–Crippen MR) is 108 cm³/mol. The maximum Gasteiger partial charge on any atom is 0.416 e. The summed E-state index contributed by atoms with van der Waals surface area (Å²) >= 11 is 0. The Morgan fingerprint density at radius 2 is 1.55 bits per heavy atom. The molecule has 2 aromatic carbocycles. The fraction of sp³-hybridized carbons (Fsp3) is 0.409. The van der Waals surface area contributed by atoms with Gasteiger partial charge in [0.25, 0.3) is 5.91 Å². The monoisotopic (exact) mass is 406 g/mol. The van der Waals surface area contributed by atoms with Gasteiger partial charge in [0.1, 0.15) is 0 Å². The van der Waals surface area contributed by atoms with Crippen LogP contribution in [0.15, 0.2) is 42.5 Å². The number of nitrogens with zero attached hydrogens (tertiary/aromatic N) is 1. The summed E-state index contributed by atoms with van der Waals surface area (Å²) in [5.74, 6) is -0.445.